The van der Waals surface area contributed by atoms with Gasteiger partial charge in [-0.3, -0.25) is 4.98 Å². The number of carbonyl (C=O) groups excluding carboxylic acids is 2. The molecule has 114 valence electrons. The van der Waals surface area contributed by atoms with Crippen molar-refractivity contribution >= 4 is 11.9 Å². The van der Waals surface area contributed by atoms with Gasteiger partial charge in [0.25, 0.3) is 0 Å². The number of aromatic nitrogens is 1. The van der Waals surface area contributed by atoms with Crippen molar-refractivity contribution in [1.82, 2.24) is 4.98 Å². The van der Waals surface area contributed by atoms with Gasteiger partial charge in [0, 0.05) is 11.8 Å². The number of hydrogen-bond donors (Lipinski definition) is 0. The quantitative estimate of drug-likeness (QED) is 0.794. The summed E-state index contributed by atoms with van der Waals surface area (Å²) in [6, 6.07) is 10.1. The zero-order chi connectivity index (χ0) is 15.9. The van der Waals surface area contributed by atoms with Gasteiger partial charge in [-0.15, -0.1) is 0 Å². The molecule has 1 aromatic heterocycles. The monoisotopic (exact) mass is 299 g/mol. The van der Waals surface area contributed by atoms with Crippen LogP contribution >= 0.6 is 0 Å². The van der Waals surface area contributed by atoms with Gasteiger partial charge in [-0.05, 0) is 38.1 Å². The molecule has 1 heterocycles. The summed E-state index contributed by atoms with van der Waals surface area (Å²) >= 11 is 0. The van der Waals surface area contributed by atoms with E-state index in [4.69, 9.17) is 9.47 Å². The lowest BCUT2D eigenvalue weighted by Crippen LogP contribution is -2.08. The zero-order valence-electron chi connectivity index (χ0n) is 12.5. The number of hydrogen-bond acceptors (Lipinski definition) is 5. The second-order valence-corrected chi connectivity index (χ2v) is 4.42. The Balaban J connectivity index is 2.33. The van der Waals surface area contributed by atoms with Gasteiger partial charge in [0.2, 0.25) is 0 Å². The summed E-state index contributed by atoms with van der Waals surface area (Å²) in [6.07, 6.45) is 1.61. The Morgan fingerprint density at radius 1 is 0.955 bits per heavy atom. The fraction of sp³-hybridized carbons (Fsp3) is 0.235. The third kappa shape index (κ3) is 3.49. The smallest absolute Gasteiger partial charge is 0.340 e. The molecule has 0 aliphatic carbocycles. The van der Waals surface area contributed by atoms with E-state index in [2.05, 4.69) is 4.98 Å². The van der Waals surface area contributed by atoms with E-state index in [0.717, 1.165) is 5.56 Å². The van der Waals surface area contributed by atoms with Crippen molar-refractivity contribution in [3.8, 4) is 11.3 Å². The second-order valence-electron chi connectivity index (χ2n) is 4.42. The van der Waals surface area contributed by atoms with Crippen molar-refractivity contribution in [1.29, 1.82) is 0 Å². The van der Waals surface area contributed by atoms with E-state index in [0.29, 0.717) is 30.0 Å². The van der Waals surface area contributed by atoms with Crippen LogP contribution in [-0.2, 0) is 9.47 Å². The Kier molecular flexibility index (Phi) is 5.25. The molecule has 1 aromatic carbocycles. The number of ether oxygens (including phenoxy) is 2. The topological polar surface area (TPSA) is 65.5 Å². The van der Waals surface area contributed by atoms with E-state index in [-0.39, 0.29) is 5.97 Å². The summed E-state index contributed by atoms with van der Waals surface area (Å²) < 4.78 is 9.97. The van der Waals surface area contributed by atoms with Gasteiger partial charge < -0.3 is 9.47 Å². The highest BCUT2D eigenvalue weighted by Gasteiger charge is 2.15. The molecule has 0 bridgehead atoms. The Bertz CT molecular complexity index is 665. The molecule has 0 saturated carbocycles. The van der Waals surface area contributed by atoms with Crippen LogP contribution in [-0.4, -0.2) is 30.1 Å². The van der Waals surface area contributed by atoms with Crippen molar-refractivity contribution in [2.45, 2.75) is 13.8 Å². The molecule has 5 heteroatoms. The standard InChI is InChI=1S/C17H17NO4/c1-3-21-16(19)13-9-7-12(8-10-13)15-14(6-5-11-18-15)17(20)22-4-2/h5-11H,3-4H2,1-2H3. The molecular formula is C17H17NO4. The zero-order valence-corrected chi connectivity index (χ0v) is 12.5. The lowest BCUT2D eigenvalue weighted by atomic mass is 10.0. The van der Waals surface area contributed by atoms with Gasteiger partial charge in [0.1, 0.15) is 0 Å². The van der Waals surface area contributed by atoms with Crippen LogP contribution in [0.4, 0.5) is 0 Å². The molecule has 0 unspecified atom stereocenters. The maximum atomic E-state index is 12.0. The van der Waals surface area contributed by atoms with Gasteiger partial charge in [0.15, 0.2) is 0 Å². The number of benzene rings is 1. The second kappa shape index (κ2) is 7.36. The van der Waals surface area contributed by atoms with E-state index >= 15 is 0 Å². The SMILES string of the molecule is CCOC(=O)c1ccc(-c2ncccc2C(=O)OCC)cc1. The van der Waals surface area contributed by atoms with Crippen LogP contribution < -0.4 is 0 Å². The summed E-state index contributed by atoms with van der Waals surface area (Å²) in [5.41, 5.74) is 2.11. The average Bonchev–Trinajstić information content (AvgIpc) is 2.55. The number of pyridine rings is 1. The van der Waals surface area contributed by atoms with E-state index in [9.17, 15) is 9.59 Å². The molecule has 0 fully saturated rings. The highest BCUT2D eigenvalue weighted by molar-refractivity contribution is 5.96. The van der Waals surface area contributed by atoms with Gasteiger partial charge in [-0.1, -0.05) is 12.1 Å². The van der Waals surface area contributed by atoms with Crippen LogP contribution in [0.5, 0.6) is 0 Å². The third-order valence-corrected chi connectivity index (χ3v) is 2.97. The van der Waals surface area contributed by atoms with E-state index < -0.39 is 5.97 Å². The van der Waals surface area contributed by atoms with Crippen LogP contribution in [0.3, 0.4) is 0 Å². The minimum Gasteiger partial charge on any atom is -0.462 e. The Morgan fingerprint density at radius 2 is 1.59 bits per heavy atom. The van der Waals surface area contributed by atoms with E-state index in [1.807, 2.05) is 0 Å². The highest BCUT2D eigenvalue weighted by atomic mass is 16.5. The molecule has 0 radical (unpaired) electrons. The van der Waals surface area contributed by atoms with Gasteiger partial charge in [-0.25, -0.2) is 9.59 Å². The first-order valence-corrected chi connectivity index (χ1v) is 7.07. The Morgan fingerprint density at radius 3 is 2.23 bits per heavy atom. The maximum absolute atomic E-state index is 12.0. The third-order valence-electron chi connectivity index (χ3n) is 2.97. The summed E-state index contributed by atoms with van der Waals surface area (Å²) in [7, 11) is 0. The molecular weight excluding hydrogens is 282 g/mol. The molecule has 0 aliphatic rings. The molecule has 2 aromatic rings. The first kappa shape index (κ1) is 15.7. The molecule has 0 aliphatic heterocycles. The van der Waals surface area contributed by atoms with Crippen molar-refractivity contribution in [2.24, 2.45) is 0 Å². The van der Waals surface area contributed by atoms with Crippen LogP contribution in [0.25, 0.3) is 11.3 Å². The highest BCUT2D eigenvalue weighted by Crippen LogP contribution is 2.22. The number of carbonyl (C=O) groups is 2. The van der Waals surface area contributed by atoms with Crippen LogP contribution in [0, 0.1) is 0 Å². The summed E-state index contributed by atoms with van der Waals surface area (Å²) in [6.45, 7) is 4.14. The first-order chi connectivity index (χ1) is 10.7. The van der Waals surface area contributed by atoms with E-state index in [1.54, 1.807) is 56.4 Å². The molecule has 0 N–H and O–H groups in total. The molecule has 2 rings (SSSR count). The normalized spacial score (nSPS) is 10.1. The number of nitrogens with zero attached hydrogens (tertiary/aromatic N) is 1. The largest absolute Gasteiger partial charge is 0.462 e. The predicted octanol–water partition coefficient (Wildman–Crippen LogP) is 3.10. The lowest BCUT2D eigenvalue weighted by molar-refractivity contribution is 0.0516. The predicted molar refractivity (Wildman–Crippen MR) is 81.6 cm³/mol. The maximum Gasteiger partial charge on any atom is 0.340 e. The fourth-order valence-electron chi connectivity index (χ4n) is 1.99. The molecule has 5 nitrogen and oxygen atoms in total. The van der Waals surface area contributed by atoms with Crippen molar-refractivity contribution in [3.05, 3.63) is 53.7 Å². The molecule has 0 spiro atoms. The van der Waals surface area contributed by atoms with Crippen molar-refractivity contribution in [2.75, 3.05) is 13.2 Å². The van der Waals surface area contributed by atoms with Crippen molar-refractivity contribution in [3.63, 3.8) is 0 Å². The average molecular weight is 299 g/mol. The van der Waals surface area contributed by atoms with Gasteiger partial charge in [-0.2, -0.15) is 0 Å². The lowest BCUT2D eigenvalue weighted by Gasteiger charge is -2.08. The van der Waals surface area contributed by atoms with E-state index in [1.165, 1.54) is 0 Å². The summed E-state index contributed by atoms with van der Waals surface area (Å²) in [4.78, 5) is 27.8. The first-order valence-electron chi connectivity index (χ1n) is 7.07. The molecule has 22 heavy (non-hydrogen) atoms. The summed E-state index contributed by atoms with van der Waals surface area (Å²) in [5.74, 6) is -0.791. The molecule has 0 amide bonds. The Labute approximate surface area is 128 Å². The molecule has 0 atom stereocenters. The minimum absolute atomic E-state index is 0.301. The van der Waals surface area contributed by atoms with Gasteiger partial charge in [0.05, 0.1) is 30.0 Å². The van der Waals surface area contributed by atoms with Crippen LogP contribution in [0.2, 0.25) is 0 Å². The number of rotatable bonds is 5. The van der Waals surface area contributed by atoms with Crippen LogP contribution in [0.15, 0.2) is 42.6 Å². The Hall–Kier alpha value is -2.69. The minimum atomic E-state index is -0.417. The van der Waals surface area contributed by atoms with Gasteiger partial charge >= 0.3 is 11.9 Å². The summed E-state index contributed by atoms with van der Waals surface area (Å²) in [5, 5.41) is 0. The van der Waals surface area contributed by atoms with Crippen molar-refractivity contribution < 1.29 is 19.1 Å². The van der Waals surface area contributed by atoms with Crippen LogP contribution in [0.1, 0.15) is 34.6 Å². The number of esters is 2. The molecule has 0 saturated heterocycles. The fourth-order valence-corrected chi connectivity index (χ4v) is 1.99.